The third-order valence-corrected chi connectivity index (χ3v) is 8.41. The molecule has 1 aliphatic rings. The summed E-state index contributed by atoms with van der Waals surface area (Å²) in [5, 5.41) is 12.0. The van der Waals surface area contributed by atoms with Crippen molar-refractivity contribution in [2.45, 2.75) is 26.5 Å². The van der Waals surface area contributed by atoms with Crippen LogP contribution in [0.4, 0.5) is 5.13 Å². The Labute approximate surface area is 255 Å². The van der Waals surface area contributed by atoms with Gasteiger partial charge in [0.2, 0.25) is 0 Å². The quantitative estimate of drug-likeness (QED) is 0.0963. The number of hydrogen-bond donors (Lipinski definition) is 1. The number of aryl methyl sites for hydroxylation is 1. The van der Waals surface area contributed by atoms with Crippen LogP contribution in [0.15, 0.2) is 78.4 Å². The minimum absolute atomic E-state index is 0.0948. The van der Waals surface area contributed by atoms with Gasteiger partial charge in [-0.3, -0.25) is 14.5 Å². The summed E-state index contributed by atoms with van der Waals surface area (Å²) in [4.78, 5) is 45.2. The maximum absolute atomic E-state index is 13.5. The topological polar surface area (TPSA) is 106 Å². The first kappa shape index (κ1) is 29.3. The molecular weight excluding hydrogens is 599 g/mol. The molecule has 0 aliphatic carbocycles. The van der Waals surface area contributed by atoms with Crippen molar-refractivity contribution in [3.63, 3.8) is 0 Å². The Hall–Kier alpha value is -4.18. The SMILES string of the molecule is CCOC(=O)c1sc(N2C(=O)C(=O)/C(=C(/O)c3ccc(OCc4ccccc4)cc3)C2c2ccc(Cl)c(Cl)c2)nc1C. The highest BCUT2D eigenvalue weighted by Crippen LogP contribution is 2.45. The molecule has 0 bridgehead atoms. The van der Waals surface area contributed by atoms with E-state index < -0.39 is 23.7 Å². The van der Waals surface area contributed by atoms with Crippen LogP contribution in [0, 0.1) is 6.92 Å². The number of aliphatic hydroxyl groups excluding tert-OH is 1. The third kappa shape index (κ3) is 5.76. The molecule has 5 rings (SSSR count). The van der Waals surface area contributed by atoms with Gasteiger partial charge in [0, 0.05) is 5.56 Å². The van der Waals surface area contributed by atoms with E-state index in [2.05, 4.69) is 4.98 Å². The number of halogens is 2. The summed E-state index contributed by atoms with van der Waals surface area (Å²) >= 11 is 13.4. The molecule has 1 N–H and O–H groups in total. The fourth-order valence-corrected chi connectivity index (χ4v) is 5.80. The first-order valence-electron chi connectivity index (χ1n) is 12.9. The summed E-state index contributed by atoms with van der Waals surface area (Å²) in [6, 6.07) is 19.7. The number of aromatic nitrogens is 1. The van der Waals surface area contributed by atoms with Gasteiger partial charge in [-0.05, 0) is 61.4 Å². The highest BCUT2D eigenvalue weighted by Gasteiger charge is 2.48. The molecule has 0 saturated carbocycles. The monoisotopic (exact) mass is 622 g/mol. The largest absolute Gasteiger partial charge is 0.507 e. The van der Waals surface area contributed by atoms with Crippen molar-refractivity contribution in [1.82, 2.24) is 4.98 Å². The van der Waals surface area contributed by atoms with E-state index in [4.69, 9.17) is 32.7 Å². The first-order chi connectivity index (χ1) is 20.2. The van der Waals surface area contributed by atoms with E-state index in [9.17, 15) is 19.5 Å². The molecule has 214 valence electrons. The molecule has 2 heterocycles. The van der Waals surface area contributed by atoms with E-state index in [1.165, 1.54) is 12.1 Å². The van der Waals surface area contributed by atoms with Gasteiger partial charge in [-0.2, -0.15) is 0 Å². The molecule has 1 atom stereocenters. The molecule has 4 aromatic rings. The number of esters is 1. The zero-order valence-corrected chi connectivity index (χ0v) is 24.8. The molecule has 42 heavy (non-hydrogen) atoms. The Kier molecular flexibility index (Phi) is 8.63. The van der Waals surface area contributed by atoms with Gasteiger partial charge in [0.1, 0.15) is 23.0 Å². The van der Waals surface area contributed by atoms with Crippen LogP contribution in [-0.2, 0) is 20.9 Å². The van der Waals surface area contributed by atoms with Crippen LogP contribution in [-0.4, -0.2) is 34.4 Å². The number of Topliss-reactive ketones (excluding diaryl/α,β-unsaturated/α-hetero) is 1. The molecule has 8 nitrogen and oxygen atoms in total. The number of ether oxygens (including phenoxy) is 2. The van der Waals surface area contributed by atoms with E-state index in [1.807, 2.05) is 30.3 Å². The zero-order valence-electron chi connectivity index (χ0n) is 22.5. The van der Waals surface area contributed by atoms with Gasteiger partial charge in [-0.15, -0.1) is 0 Å². The number of amides is 1. The van der Waals surface area contributed by atoms with Crippen LogP contribution in [0.3, 0.4) is 0 Å². The molecule has 1 aromatic heterocycles. The molecule has 1 unspecified atom stereocenters. The predicted molar refractivity (Wildman–Crippen MR) is 161 cm³/mol. The normalized spacial score (nSPS) is 16.1. The van der Waals surface area contributed by atoms with Crippen molar-refractivity contribution >= 4 is 63.1 Å². The van der Waals surface area contributed by atoms with Gasteiger partial charge in [-0.25, -0.2) is 9.78 Å². The number of aliphatic hydroxyl groups is 1. The molecule has 1 saturated heterocycles. The van der Waals surface area contributed by atoms with Crippen LogP contribution in [0.25, 0.3) is 5.76 Å². The fourth-order valence-electron chi connectivity index (χ4n) is 4.50. The molecule has 0 spiro atoms. The highest BCUT2D eigenvalue weighted by molar-refractivity contribution is 7.17. The second-order valence-corrected chi connectivity index (χ2v) is 11.1. The fraction of sp³-hybridized carbons (Fsp3) is 0.161. The lowest BCUT2D eigenvalue weighted by Gasteiger charge is -2.23. The van der Waals surface area contributed by atoms with Crippen molar-refractivity contribution in [2.75, 3.05) is 11.5 Å². The lowest BCUT2D eigenvalue weighted by atomic mass is 9.95. The van der Waals surface area contributed by atoms with Gasteiger partial charge in [0.25, 0.3) is 5.78 Å². The van der Waals surface area contributed by atoms with E-state index in [-0.39, 0.29) is 38.0 Å². The lowest BCUT2D eigenvalue weighted by molar-refractivity contribution is -0.132. The summed E-state index contributed by atoms with van der Waals surface area (Å²) in [5.74, 6) is -2.25. The van der Waals surface area contributed by atoms with Gasteiger partial charge in [0.15, 0.2) is 5.13 Å². The minimum Gasteiger partial charge on any atom is -0.507 e. The molecule has 1 amide bonds. The second-order valence-electron chi connectivity index (χ2n) is 9.27. The Balaban J connectivity index is 1.55. The van der Waals surface area contributed by atoms with Crippen LogP contribution in [0.2, 0.25) is 10.0 Å². The highest BCUT2D eigenvalue weighted by atomic mass is 35.5. The molecule has 1 aliphatic heterocycles. The van der Waals surface area contributed by atoms with Crippen molar-refractivity contribution in [3.05, 3.63) is 116 Å². The Morgan fingerprint density at radius 1 is 1.02 bits per heavy atom. The maximum atomic E-state index is 13.5. The van der Waals surface area contributed by atoms with Crippen LogP contribution >= 0.6 is 34.5 Å². The molecular formula is C31H24Cl2N2O6S. The molecule has 0 radical (unpaired) electrons. The lowest BCUT2D eigenvalue weighted by Crippen LogP contribution is -2.29. The van der Waals surface area contributed by atoms with Crippen molar-refractivity contribution < 1.29 is 29.0 Å². The Morgan fingerprint density at radius 2 is 1.74 bits per heavy atom. The number of anilines is 1. The summed E-state index contributed by atoms with van der Waals surface area (Å²) in [5.41, 5.74) is 1.89. The first-order valence-corrected chi connectivity index (χ1v) is 14.4. The summed E-state index contributed by atoms with van der Waals surface area (Å²) in [6.07, 6.45) is 0. The number of rotatable bonds is 8. The van der Waals surface area contributed by atoms with Crippen LogP contribution in [0.5, 0.6) is 5.75 Å². The number of thiazole rings is 1. The summed E-state index contributed by atoms with van der Waals surface area (Å²) < 4.78 is 10.9. The maximum Gasteiger partial charge on any atom is 0.350 e. The van der Waals surface area contributed by atoms with E-state index in [1.54, 1.807) is 44.2 Å². The number of benzene rings is 3. The van der Waals surface area contributed by atoms with Crippen molar-refractivity contribution in [3.8, 4) is 5.75 Å². The van der Waals surface area contributed by atoms with E-state index >= 15 is 0 Å². The van der Waals surface area contributed by atoms with E-state index in [0.717, 1.165) is 21.8 Å². The van der Waals surface area contributed by atoms with Crippen LogP contribution < -0.4 is 9.64 Å². The predicted octanol–water partition coefficient (Wildman–Crippen LogP) is 7.14. The number of ketones is 1. The third-order valence-electron chi connectivity index (χ3n) is 6.53. The number of hydrogen-bond acceptors (Lipinski definition) is 8. The average molecular weight is 624 g/mol. The minimum atomic E-state index is -1.10. The van der Waals surface area contributed by atoms with Gasteiger partial charge >= 0.3 is 11.9 Å². The van der Waals surface area contributed by atoms with Crippen LogP contribution in [0.1, 0.15) is 45.0 Å². The number of carbonyl (C=O) groups excluding carboxylic acids is 3. The van der Waals surface area contributed by atoms with Gasteiger partial charge in [-0.1, -0.05) is 70.9 Å². The van der Waals surface area contributed by atoms with E-state index in [0.29, 0.717) is 29.2 Å². The zero-order chi connectivity index (χ0) is 30.0. The standard InChI is InChI=1S/C31H24Cl2N2O6S/c1-3-40-30(39)28-17(2)34-31(42-28)35-25(20-11-14-22(32)23(33)15-20)24(27(37)29(35)38)26(36)19-9-12-21(13-10-19)41-16-18-7-5-4-6-8-18/h4-15,25,36H,3,16H2,1-2H3/b26-24+. The molecule has 3 aromatic carbocycles. The number of nitrogens with zero attached hydrogens (tertiary/aromatic N) is 2. The Morgan fingerprint density at radius 3 is 2.40 bits per heavy atom. The van der Waals surface area contributed by atoms with Gasteiger partial charge in [0.05, 0.1) is 34.0 Å². The van der Waals surface area contributed by atoms with Gasteiger partial charge < -0.3 is 14.6 Å². The summed E-state index contributed by atoms with van der Waals surface area (Å²) in [7, 11) is 0. The van der Waals surface area contributed by atoms with Crippen molar-refractivity contribution in [2.24, 2.45) is 0 Å². The smallest absolute Gasteiger partial charge is 0.350 e. The Bertz CT molecular complexity index is 1700. The summed E-state index contributed by atoms with van der Waals surface area (Å²) in [6.45, 7) is 3.81. The van der Waals surface area contributed by atoms with Crippen molar-refractivity contribution in [1.29, 1.82) is 0 Å². The average Bonchev–Trinajstić information content (AvgIpc) is 3.50. The molecule has 11 heteroatoms. The second kappa shape index (κ2) is 12.4. The number of carbonyl (C=O) groups is 3. The molecule has 1 fully saturated rings.